The lowest BCUT2D eigenvalue weighted by molar-refractivity contribution is -0.138. The molecule has 0 saturated heterocycles. The van der Waals surface area contributed by atoms with Crippen LogP contribution < -0.4 is 10.2 Å². The molecule has 2 N–H and O–H groups in total. The number of pyridine rings is 1. The van der Waals surface area contributed by atoms with Crippen LogP contribution in [0.25, 0.3) is 11.1 Å². The van der Waals surface area contributed by atoms with Gasteiger partial charge in [0, 0.05) is 31.9 Å². The van der Waals surface area contributed by atoms with Gasteiger partial charge in [0.25, 0.3) is 0 Å². The van der Waals surface area contributed by atoms with Crippen molar-refractivity contribution in [3.63, 3.8) is 0 Å². The number of hydrogen-bond acceptors (Lipinski definition) is 4. The van der Waals surface area contributed by atoms with E-state index in [9.17, 15) is 18.0 Å². The Morgan fingerprint density at radius 3 is 2.11 bits per heavy atom. The number of carboxylic acids is 1. The van der Waals surface area contributed by atoms with E-state index in [0.717, 1.165) is 53.0 Å². The van der Waals surface area contributed by atoms with E-state index in [-0.39, 0.29) is 6.42 Å². The van der Waals surface area contributed by atoms with E-state index in [1.54, 1.807) is 0 Å². The molecule has 4 rings (SSSR count). The largest absolute Gasteiger partial charge is 0.481 e. The molecule has 0 amide bonds. The molecule has 0 atom stereocenters. The number of nitrogens with zero attached hydrogens (tertiary/aromatic N) is 2. The van der Waals surface area contributed by atoms with E-state index in [2.05, 4.69) is 15.2 Å². The Hall–Kier alpha value is -3.39. The van der Waals surface area contributed by atoms with Crippen LogP contribution in [0.15, 0.2) is 66.9 Å². The topological polar surface area (TPSA) is 65.5 Å². The predicted molar refractivity (Wildman–Crippen MR) is 129 cm³/mol. The fourth-order valence-corrected chi connectivity index (χ4v) is 4.07. The zero-order valence-electron chi connectivity index (χ0n) is 19.3. The van der Waals surface area contributed by atoms with Crippen LogP contribution >= 0.6 is 0 Å². The van der Waals surface area contributed by atoms with Crippen LogP contribution in [-0.4, -0.2) is 28.6 Å². The van der Waals surface area contributed by atoms with E-state index in [0.29, 0.717) is 25.7 Å². The fourth-order valence-electron chi connectivity index (χ4n) is 4.07. The quantitative estimate of drug-likeness (QED) is 0.352. The molecule has 0 bridgehead atoms. The van der Waals surface area contributed by atoms with Gasteiger partial charge in [0.1, 0.15) is 5.82 Å². The molecule has 1 aromatic heterocycles. The molecular weight excluding hydrogens is 455 g/mol. The van der Waals surface area contributed by atoms with Gasteiger partial charge in [-0.15, -0.1) is 0 Å². The van der Waals surface area contributed by atoms with Crippen molar-refractivity contribution in [3.05, 3.63) is 83.6 Å². The molecule has 35 heavy (non-hydrogen) atoms. The molecular formula is C27H28F3N3O2. The van der Waals surface area contributed by atoms with E-state index in [1.165, 1.54) is 18.6 Å². The number of carboxylic acid groups (broad SMARTS) is 1. The molecule has 0 radical (unpaired) electrons. The smallest absolute Gasteiger partial charge is 0.416 e. The highest BCUT2D eigenvalue weighted by atomic mass is 19.4. The first-order chi connectivity index (χ1) is 16.8. The molecule has 1 aliphatic carbocycles. The molecule has 5 nitrogen and oxygen atoms in total. The Kier molecular flexibility index (Phi) is 7.70. The first kappa shape index (κ1) is 24.7. The minimum Gasteiger partial charge on any atom is -0.481 e. The summed E-state index contributed by atoms with van der Waals surface area (Å²) in [5, 5.41) is 11.8. The molecule has 184 valence electrons. The van der Waals surface area contributed by atoms with Gasteiger partial charge in [-0.2, -0.15) is 13.2 Å². The summed E-state index contributed by atoms with van der Waals surface area (Å²) in [6.45, 7) is 1.67. The number of anilines is 1. The highest BCUT2D eigenvalue weighted by Gasteiger charge is 2.30. The van der Waals surface area contributed by atoms with Gasteiger partial charge in [0.15, 0.2) is 0 Å². The van der Waals surface area contributed by atoms with Crippen molar-refractivity contribution in [1.82, 2.24) is 10.3 Å². The number of carbonyl (C=O) groups is 1. The normalized spacial score (nSPS) is 13.9. The molecule has 0 spiro atoms. The highest BCUT2D eigenvalue weighted by molar-refractivity contribution is 5.66. The van der Waals surface area contributed by atoms with E-state index < -0.39 is 17.7 Å². The van der Waals surface area contributed by atoms with Crippen LogP contribution in [-0.2, 0) is 24.1 Å². The summed E-state index contributed by atoms with van der Waals surface area (Å²) in [6, 6.07) is 17.6. The Morgan fingerprint density at radius 2 is 1.60 bits per heavy atom. The fraction of sp³-hybridized carbons (Fsp3) is 0.333. The Labute approximate surface area is 202 Å². The number of nitrogens with one attached hydrogen (secondary N) is 1. The standard InChI is InChI=1S/C27H28F3N3O2/c28-27(29,30)23-11-9-22(10-12-23)21-7-4-19(5-8-21)18-33(24-2-1-3-24)25-13-6-20(17-32-25)16-31-15-14-26(34)35/h4-13,17,24,31H,1-3,14-16,18H2,(H,34,35). The lowest BCUT2D eigenvalue weighted by Crippen LogP contribution is -2.40. The second-order valence-electron chi connectivity index (χ2n) is 8.83. The maximum Gasteiger partial charge on any atom is 0.416 e. The Balaban J connectivity index is 1.41. The van der Waals surface area contributed by atoms with Crippen LogP contribution in [0, 0.1) is 0 Å². The van der Waals surface area contributed by atoms with E-state index in [4.69, 9.17) is 5.11 Å². The molecule has 0 unspecified atom stereocenters. The maximum atomic E-state index is 12.8. The van der Waals surface area contributed by atoms with Crippen LogP contribution in [0.1, 0.15) is 42.4 Å². The van der Waals surface area contributed by atoms with Gasteiger partial charge < -0.3 is 15.3 Å². The van der Waals surface area contributed by atoms with Crippen molar-refractivity contribution in [2.75, 3.05) is 11.4 Å². The molecule has 1 heterocycles. The number of halogens is 3. The predicted octanol–water partition coefficient (Wildman–Crippen LogP) is 5.89. The summed E-state index contributed by atoms with van der Waals surface area (Å²) >= 11 is 0. The SMILES string of the molecule is O=C(O)CCNCc1ccc(N(Cc2ccc(-c3ccc(C(F)(F)F)cc3)cc2)C2CCC2)nc1. The number of aliphatic carboxylic acids is 1. The molecule has 1 aliphatic rings. The third-order valence-corrected chi connectivity index (χ3v) is 6.32. The molecule has 2 aromatic carbocycles. The van der Waals surface area contributed by atoms with Crippen molar-refractivity contribution in [3.8, 4) is 11.1 Å². The van der Waals surface area contributed by atoms with Crippen LogP contribution in [0.3, 0.4) is 0 Å². The number of aromatic nitrogens is 1. The summed E-state index contributed by atoms with van der Waals surface area (Å²) in [6.07, 6.45) is 0.991. The lowest BCUT2D eigenvalue weighted by atomic mass is 9.91. The third kappa shape index (κ3) is 6.60. The number of hydrogen-bond donors (Lipinski definition) is 2. The van der Waals surface area contributed by atoms with Gasteiger partial charge in [0.2, 0.25) is 0 Å². The van der Waals surface area contributed by atoms with Crippen LogP contribution in [0.5, 0.6) is 0 Å². The number of benzene rings is 2. The zero-order chi connectivity index (χ0) is 24.8. The average molecular weight is 484 g/mol. The lowest BCUT2D eigenvalue weighted by Gasteiger charge is -2.38. The Morgan fingerprint density at radius 1 is 0.971 bits per heavy atom. The zero-order valence-corrected chi connectivity index (χ0v) is 19.3. The van der Waals surface area contributed by atoms with Crippen molar-refractivity contribution in [1.29, 1.82) is 0 Å². The summed E-state index contributed by atoms with van der Waals surface area (Å²) in [5.74, 6) is 0.0744. The first-order valence-electron chi connectivity index (χ1n) is 11.7. The van der Waals surface area contributed by atoms with Gasteiger partial charge >= 0.3 is 12.1 Å². The number of rotatable bonds is 10. The van der Waals surface area contributed by atoms with Gasteiger partial charge in [-0.3, -0.25) is 4.79 Å². The van der Waals surface area contributed by atoms with Crippen LogP contribution in [0.4, 0.5) is 19.0 Å². The van der Waals surface area contributed by atoms with Gasteiger partial charge in [0.05, 0.1) is 12.0 Å². The maximum absolute atomic E-state index is 12.8. The second-order valence-corrected chi connectivity index (χ2v) is 8.83. The number of alkyl halides is 3. The van der Waals surface area contributed by atoms with E-state index >= 15 is 0 Å². The third-order valence-electron chi connectivity index (χ3n) is 6.32. The van der Waals surface area contributed by atoms with Crippen molar-refractivity contribution < 1.29 is 23.1 Å². The van der Waals surface area contributed by atoms with Crippen molar-refractivity contribution in [2.45, 2.75) is 51.0 Å². The van der Waals surface area contributed by atoms with Crippen molar-refractivity contribution in [2.24, 2.45) is 0 Å². The van der Waals surface area contributed by atoms with E-state index in [1.807, 2.05) is 42.6 Å². The molecule has 0 aliphatic heterocycles. The summed E-state index contributed by atoms with van der Waals surface area (Å²) in [5.41, 5.74) is 3.07. The summed E-state index contributed by atoms with van der Waals surface area (Å²) in [7, 11) is 0. The van der Waals surface area contributed by atoms with Gasteiger partial charge in [-0.05, 0) is 59.7 Å². The highest BCUT2D eigenvalue weighted by Crippen LogP contribution is 2.32. The minimum absolute atomic E-state index is 0.0820. The second kappa shape index (κ2) is 10.9. The van der Waals surface area contributed by atoms with Crippen molar-refractivity contribution >= 4 is 11.8 Å². The molecule has 8 heteroatoms. The van der Waals surface area contributed by atoms with Crippen LogP contribution in [0.2, 0.25) is 0 Å². The van der Waals surface area contributed by atoms with Gasteiger partial charge in [-0.1, -0.05) is 42.5 Å². The molecule has 1 fully saturated rings. The average Bonchev–Trinajstić information content (AvgIpc) is 2.81. The first-order valence-corrected chi connectivity index (χ1v) is 11.7. The minimum atomic E-state index is -4.34. The monoisotopic (exact) mass is 483 g/mol. The van der Waals surface area contributed by atoms with Gasteiger partial charge in [-0.25, -0.2) is 4.98 Å². The Bertz CT molecular complexity index is 1110. The summed E-state index contributed by atoms with van der Waals surface area (Å²) < 4.78 is 38.5. The molecule has 3 aromatic rings. The summed E-state index contributed by atoms with van der Waals surface area (Å²) in [4.78, 5) is 17.6. The molecule has 1 saturated carbocycles.